The van der Waals surface area contributed by atoms with Gasteiger partial charge in [0.2, 0.25) is 0 Å². The molecule has 0 aliphatic carbocycles. The Morgan fingerprint density at radius 3 is 1.63 bits per heavy atom. The zero-order valence-corrected chi connectivity index (χ0v) is 40.8. The van der Waals surface area contributed by atoms with Gasteiger partial charge in [-0.25, -0.2) is 4.98 Å². The smallest absolute Gasteiger partial charge is 0.149 e. The maximum absolute atomic E-state index is 12.4. The zero-order valence-electron chi connectivity index (χ0n) is 40.8. The van der Waals surface area contributed by atoms with Crippen molar-refractivity contribution >= 4 is 11.0 Å². The van der Waals surface area contributed by atoms with Crippen molar-refractivity contribution in [2.24, 2.45) is 0 Å². The molecule has 71 heavy (non-hydrogen) atoms. The SMILES string of the molecule is CC(C)(C)c1ccc(-n2c(-c3cccc(-c4ccccc4)c3O)nc3c(-c4cc(-c5ccccc5)cc(-c5cc(-c6cccc(C(C)(C)c7ccccc7)c6)ccn5)c4)cccc32)c(-c2ccccc2)c1. The molecule has 0 aliphatic rings. The molecular weight excluding hydrogens is 863 g/mol. The maximum atomic E-state index is 12.4. The van der Waals surface area contributed by atoms with E-state index < -0.39 is 0 Å². The highest BCUT2D eigenvalue weighted by Gasteiger charge is 2.26. The van der Waals surface area contributed by atoms with Crippen LogP contribution in [-0.2, 0) is 10.8 Å². The van der Waals surface area contributed by atoms with Crippen molar-refractivity contribution in [1.82, 2.24) is 14.5 Å². The largest absolute Gasteiger partial charge is 0.507 e. The highest BCUT2D eigenvalue weighted by atomic mass is 16.3. The van der Waals surface area contributed by atoms with Crippen molar-refractivity contribution in [3.8, 4) is 89.7 Å². The van der Waals surface area contributed by atoms with Crippen LogP contribution in [0.15, 0.2) is 237 Å². The predicted octanol–water partition coefficient (Wildman–Crippen LogP) is 17.4. The van der Waals surface area contributed by atoms with Gasteiger partial charge in [0.1, 0.15) is 11.6 Å². The predicted molar refractivity (Wildman–Crippen MR) is 296 cm³/mol. The number of nitrogens with zero attached hydrogens (tertiary/aromatic N) is 3. The van der Waals surface area contributed by atoms with Crippen LogP contribution >= 0.6 is 0 Å². The third-order valence-electron chi connectivity index (χ3n) is 14.1. The first-order valence-electron chi connectivity index (χ1n) is 24.4. The van der Waals surface area contributed by atoms with Gasteiger partial charge in [0.15, 0.2) is 0 Å². The Morgan fingerprint density at radius 1 is 0.380 bits per heavy atom. The van der Waals surface area contributed by atoms with E-state index in [1.807, 2.05) is 54.7 Å². The lowest BCUT2D eigenvalue weighted by atomic mass is 9.77. The molecular formula is C67H55N3O. The third-order valence-corrected chi connectivity index (χ3v) is 14.1. The molecule has 0 bridgehead atoms. The summed E-state index contributed by atoms with van der Waals surface area (Å²) in [6, 6.07) is 81.1. The number of hydrogen-bond donors (Lipinski definition) is 1. The number of aromatic hydroxyl groups is 1. The second-order valence-corrected chi connectivity index (χ2v) is 20.0. The molecule has 0 fully saturated rings. The fraction of sp³-hybridized carbons (Fsp3) is 0.104. The van der Waals surface area contributed by atoms with Crippen LogP contribution < -0.4 is 0 Å². The highest BCUT2D eigenvalue weighted by Crippen LogP contribution is 2.45. The summed E-state index contributed by atoms with van der Waals surface area (Å²) in [5.74, 6) is 0.827. The normalized spacial score (nSPS) is 11.8. The Balaban J connectivity index is 1.12. The number of rotatable bonds is 10. The van der Waals surface area contributed by atoms with Gasteiger partial charge in [-0.15, -0.1) is 0 Å². The molecule has 344 valence electrons. The van der Waals surface area contributed by atoms with E-state index in [9.17, 15) is 5.11 Å². The van der Waals surface area contributed by atoms with Gasteiger partial charge in [-0.2, -0.15) is 0 Å². The van der Waals surface area contributed by atoms with Crippen LogP contribution in [-0.4, -0.2) is 19.6 Å². The fourth-order valence-corrected chi connectivity index (χ4v) is 9.98. The summed E-state index contributed by atoms with van der Waals surface area (Å²) in [6.45, 7) is 11.3. The van der Waals surface area contributed by atoms with Crippen LogP contribution in [0, 0.1) is 0 Å². The average molecular weight is 918 g/mol. The van der Waals surface area contributed by atoms with E-state index in [0.717, 1.165) is 83.6 Å². The van der Waals surface area contributed by atoms with Gasteiger partial charge in [0.25, 0.3) is 0 Å². The van der Waals surface area contributed by atoms with E-state index in [0.29, 0.717) is 11.4 Å². The molecule has 9 aromatic carbocycles. The van der Waals surface area contributed by atoms with Gasteiger partial charge in [-0.05, 0) is 116 Å². The van der Waals surface area contributed by atoms with Crippen LogP contribution in [0.2, 0.25) is 0 Å². The Labute approximate surface area is 417 Å². The molecule has 0 saturated carbocycles. The van der Waals surface area contributed by atoms with E-state index in [-0.39, 0.29) is 16.6 Å². The molecule has 4 heteroatoms. The van der Waals surface area contributed by atoms with Gasteiger partial charge in [0.05, 0.1) is 28.0 Å². The maximum Gasteiger partial charge on any atom is 0.149 e. The second kappa shape index (κ2) is 18.4. The summed E-state index contributed by atoms with van der Waals surface area (Å²) >= 11 is 0. The Morgan fingerprint density at radius 2 is 0.930 bits per heavy atom. The molecule has 0 aliphatic heterocycles. The first-order valence-corrected chi connectivity index (χ1v) is 24.4. The summed E-state index contributed by atoms with van der Waals surface area (Å²) in [5, 5.41) is 12.4. The van der Waals surface area contributed by atoms with Crippen molar-refractivity contribution in [1.29, 1.82) is 0 Å². The highest BCUT2D eigenvalue weighted by molar-refractivity contribution is 5.99. The van der Waals surface area contributed by atoms with Crippen LogP contribution in [0.25, 0.3) is 95.0 Å². The molecule has 0 unspecified atom stereocenters. The number of para-hydroxylation sites is 2. The minimum atomic E-state index is -0.178. The van der Waals surface area contributed by atoms with Crippen molar-refractivity contribution in [2.75, 3.05) is 0 Å². The summed E-state index contributed by atoms with van der Waals surface area (Å²) in [4.78, 5) is 10.7. The molecule has 11 aromatic rings. The minimum absolute atomic E-state index is 0.0868. The summed E-state index contributed by atoms with van der Waals surface area (Å²) in [7, 11) is 0. The van der Waals surface area contributed by atoms with Gasteiger partial charge < -0.3 is 5.11 Å². The van der Waals surface area contributed by atoms with E-state index in [4.69, 9.17) is 9.97 Å². The zero-order chi connectivity index (χ0) is 48.7. The molecule has 0 radical (unpaired) electrons. The molecule has 1 N–H and O–H groups in total. The number of phenols is 1. The van der Waals surface area contributed by atoms with Crippen LogP contribution in [0.4, 0.5) is 0 Å². The average Bonchev–Trinajstić information content (AvgIpc) is 3.81. The summed E-state index contributed by atoms with van der Waals surface area (Å²) < 4.78 is 2.25. The number of pyridine rings is 1. The summed E-state index contributed by atoms with van der Waals surface area (Å²) in [5.41, 5.74) is 19.0. The Hall–Kier alpha value is -8.60. The first-order chi connectivity index (χ1) is 34.5. The van der Waals surface area contributed by atoms with Crippen molar-refractivity contribution in [3.05, 3.63) is 253 Å². The van der Waals surface area contributed by atoms with Crippen molar-refractivity contribution in [3.63, 3.8) is 0 Å². The minimum Gasteiger partial charge on any atom is -0.507 e. The number of hydrogen-bond acceptors (Lipinski definition) is 3. The van der Waals surface area contributed by atoms with Crippen LogP contribution in [0.1, 0.15) is 51.3 Å². The number of fused-ring (bicyclic) bond motifs is 1. The second-order valence-electron chi connectivity index (χ2n) is 20.0. The number of benzene rings is 9. The third kappa shape index (κ3) is 8.63. The first kappa shape index (κ1) is 44.9. The number of phenolic OH excluding ortho intramolecular Hbond substituents is 1. The standard InChI is InChI=1S/C67H55N3O/c1-66(2,3)54-35-36-61(59(44-54)47-25-14-8-15-26-47)70-62-34-20-31-56(63(62)69-65(70)58-33-19-32-57(64(58)71)46-23-12-7-13-24-46)51-39-50(45-21-10-6-11-22-45)40-52(41-51)60-43-49(37-38-68-60)48-27-18-30-55(42-48)67(4,5)53-28-16-9-17-29-53/h6-44,71H,1-5H3. The van der Waals surface area contributed by atoms with Gasteiger partial charge >= 0.3 is 0 Å². The number of imidazole rings is 1. The van der Waals surface area contributed by atoms with Crippen molar-refractivity contribution < 1.29 is 5.11 Å². The van der Waals surface area contributed by atoms with Crippen LogP contribution in [0.5, 0.6) is 5.75 Å². The molecule has 0 atom stereocenters. The molecule has 0 saturated heterocycles. The summed E-state index contributed by atoms with van der Waals surface area (Å²) in [6.07, 6.45) is 1.93. The number of aromatic nitrogens is 3. The van der Waals surface area contributed by atoms with Gasteiger partial charge in [-0.1, -0.05) is 211 Å². The lowest BCUT2D eigenvalue weighted by Crippen LogP contribution is -2.18. The molecule has 4 nitrogen and oxygen atoms in total. The molecule has 11 rings (SSSR count). The molecule has 2 aromatic heterocycles. The Bertz CT molecular complexity index is 3700. The molecule has 0 spiro atoms. The topological polar surface area (TPSA) is 50.9 Å². The monoisotopic (exact) mass is 917 g/mol. The van der Waals surface area contributed by atoms with Crippen molar-refractivity contribution in [2.45, 2.75) is 45.4 Å². The van der Waals surface area contributed by atoms with E-state index in [2.05, 4.69) is 221 Å². The van der Waals surface area contributed by atoms with E-state index in [1.165, 1.54) is 16.7 Å². The van der Waals surface area contributed by atoms with Gasteiger partial charge in [0, 0.05) is 33.9 Å². The molecule has 2 heterocycles. The van der Waals surface area contributed by atoms with E-state index in [1.54, 1.807) is 0 Å². The van der Waals surface area contributed by atoms with Gasteiger partial charge in [-0.3, -0.25) is 9.55 Å². The van der Waals surface area contributed by atoms with Crippen LogP contribution in [0.3, 0.4) is 0 Å². The quantitative estimate of drug-likeness (QED) is 0.149. The lowest BCUT2D eigenvalue weighted by Gasteiger charge is -2.26. The lowest BCUT2D eigenvalue weighted by molar-refractivity contribution is 0.479. The molecule has 0 amide bonds. The fourth-order valence-electron chi connectivity index (χ4n) is 9.98. The van der Waals surface area contributed by atoms with E-state index >= 15 is 0 Å². The Kier molecular flexibility index (Phi) is 11.6.